The average molecular weight is 281 g/mol. The Morgan fingerprint density at radius 2 is 2.05 bits per heavy atom. The minimum atomic E-state index is -0.635. The molecule has 0 amide bonds. The van der Waals surface area contributed by atoms with Gasteiger partial charge in [-0.3, -0.25) is 0 Å². The quantitative estimate of drug-likeness (QED) is 0.888. The Morgan fingerprint density at radius 1 is 1.30 bits per heavy atom. The third-order valence-corrected chi connectivity index (χ3v) is 3.17. The van der Waals surface area contributed by atoms with Crippen molar-refractivity contribution >= 4 is 0 Å². The number of nitrogens with zero attached hydrogens (tertiary/aromatic N) is 2. The van der Waals surface area contributed by atoms with Crippen molar-refractivity contribution in [2.75, 3.05) is 6.54 Å². The van der Waals surface area contributed by atoms with Crippen molar-refractivity contribution in [3.63, 3.8) is 0 Å². The van der Waals surface area contributed by atoms with Gasteiger partial charge in [0.15, 0.2) is 5.82 Å². The van der Waals surface area contributed by atoms with Gasteiger partial charge in [-0.1, -0.05) is 5.16 Å². The Kier molecular flexibility index (Phi) is 3.45. The Balaban J connectivity index is 1.73. The molecule has 20 heavy (non-hydrogen) atoms. The summed E-state index contributed by atoms with van der Waals surface area (Å²) in [5.74, 6) is -0.532. The molecule has 0 unspecified atom stereocenters. The highest BCUT2D eigenvalue weighted by atomic mass is 19.1. The van der Waals surface area contributed by atoms with Crippen LogP contribution in [0, 0.1) is 11.6 Å². The van der Waals surface area contributed by atoms with Gasteiger partial charge in [-0.05, 0) is 24.1 Å². The van der Waals surface area contributed by atoms with Crippen LogP contribution in [0.4, 0.5) is 8.78 Å². The molecule has 1 saturated heterocycles. The number of β-amino-alcohol motifs (C(OH)–C–C–N with tert-alkyl or cyclic N) is 1. The Hall–Kier alpha value is -1.86. The summed E-state index contributed by atoms with van der Waals surface area (Å²) < 4.78 is 31.3. The molecule has 106 valence electrons. The van der Waals surface area contributed by atoms with E-state index in [4.69, 9.17) is 4.52 Å². The van der Waals surface area contributed by atoms with Gasteiger partial charge in [0.2, 0.25) is 5.89 Å². The van der Waals surface area contributed by atoms with Crippen molar-refractivity contribution in [3.05, 3.63) is 47.1 Å². The first kappa shape index (κ1) is 13.1. The van der Waals surface area contributed by atoms with Crippen LogP contribution in [0.25, 0.3) is 0 Å². The number of aromatic nitrogens is 2. The summed E-state index contributed by atoms with van der Waals surface area (Å²) in [6.07, 6.45) is 0.275. The average Bonchev–Trinajstić information content (AvgIpc) is 2.96. The molecule has 1 aliphatic heterocycles. The van der Waals surface area contributed by atoms with E-state index in [0.29, 0.717) is 30.2 Å². The molecule has 1 aromatic carbocycles. The molecule has 2 aromatic rings. The van der Waals surface area contributed by atoms with Crippen LogP contribution in [0.5, 0.6) is 0 Å². The van der Waals surface area contributed by atoms with Crippen LogP contribution >= 0.6 is 0 Å². The first-order valence-corrected chi connectivity index (χ1v) is 6.29. The van der Waals surface area contributed by atoms with Gasteiger partial charge in [0.25, 0.3) is 0 Å². The minimum Gasteiger partial charge on any atom is -0.392 e. The van der Waals surface area contributed by atoms with E-state index < -0.39 is 17.7 Å². The molecule has 0 saturated carbocycles. The molecule has 2 heterocycles. The maximum Gasteiger partial charge on any atom is 0.243 e. The minimum absolute atomic E-state index is 0.171. The van der Waals surface area contributed by atoms with E-state index in [9.17, 15) is 13.9 Å². The second-order valence-corrected chi connectivity index (χ2v) is 4.85. The van der Waals surface area contributed by atoms with Crippen LogP contribution in [0.15, 0.2) is 22.7 Å². The second kappa shape index (κ2) is 5.26. The van der Waals surface area contributed by atoms with Gasteiger partial charge in [0.05, 0.1) is 12.1 Å². The smallest absolute Gasteiger partial charge is 0.243 e. The summed E-state index contributed by atoms with van der Waals surface area (Å²) in [6.45, 7) is 0.484. The summed E-state index contributed by atoms with van der Waals surface area (Å²) >= 11 is 0. The van der Waals surface area contributed by atoms with E-state index in [0.717, 1.165) is 6.07 Å². The highest BCUT2D eigenvalue weighted by molar-refractivity contribution is 5.21. The third-order valence-electron chi connectivity index (χ3n) is 3.17. The zero-order valence-electron chi connectivity index (χ0n) is 10.5. The van der Waals surface area contributed by atoms with Crippen LogP contribution in [0.3, 0.4) is 0 Å². The SMILES string of the molecule is O[C@H]1CN[C@H](c2nc(Cc3cc(F)cc(F)c3)no2)C1. The molecule has 7 heteroatoms. The fourth-order valence-corrected chi connectivity index (χ4v) is 2.28. The van der Waals surface area contributed by atoms with Crippen molar-refractivity contribution in [2.45, 2.75) is 25.0 Å². The van der Waals surface area contributed by atoms with Crippen molar-refractivity contribution in [1.29, 1.82) is 0 Å². The number of hydrogen-bond acceptors (Lipinski definition) is 5. The lowest BCUT2D eigenvalue weighted by Gasteiger charge is -2.01. The topological polar surface area (TPSA) is 71.2 Å². The van der Waals surface area contributed by atoms with E-state index in [1.165, 1.54) is 12.1 Å². The molecule has 2 N–H and O–H groups in total. The lowest BCUT2D eigenvalue weighted by Crippen LogP contribution is -2.15. The lowest BCUT2D eigenvalue weighted by molar-refractivity contribution is 0.191. The molecule has 1 fully saturated rings. The first-order chi connectivity index (χ1) is 9.60. The fourth-order valence-electron chi connectivity index (χ4n) is 2.28. The first-order valence-electron chi connectivity index (χ1n) is 6.29. The van der Waals surface area contributed by atoms with Crippen LogP contribution < -0.4 is 5.32 Å². The number of nitrogens with one attached hydrogen (secondary N) is 1. The number of aliphatic hydroxyl groups is 1. The zero-order chi connectivity index (χ0) is 14.1. The van der Waals surface area contributed by atoms with Gasteiger partial charge < -0.3 is 14.9 Å². The lowest BCUT2D eigenvalue weighted by atomic mass is 10.1. The highest BCUT2D eigenvalue weighted by Crippen LogP contribution is 2.22. The standard InChI is InChI=1S/C13H13F2N3O2/c14-8-1-7(2-9(15)4-8)3-12-17-13(20-18-12)11-5-10(19)6-16-11/h1-2,4,10-11,16,19H,3,5-6H2/t10-,11+/m1/s1. The van der Waals surface area contributed by atoms with Gasteiger partial charge in [-0.25, -0.2) is 8.78 Å². The molecule has 5 nitrogen and oxygen atoms in total. The molecular formula is C13H13F2N3O2. The molecule has 0 radical (unpaired) electrons. The molecule has 1 aliphatic rings. The molecule has 3 rings (SSSR count). The number of rotatable bonds is 3. The normalized spacial score (nSPS) is 22.4. The number of aliphatic hydroxyl groups excluding tert-OH is 1. The molecular weight excluding hydrogens is 268 g/mol. The van der Waals surface area contributed by atoms with Crippen LogP contribution in [-0.4, -0.2) is 27.9 Å². The van der Waals surface area contributed by atoms with E-state index in [1.54, 1.807) is 0 Å². The molecule has 0 aliphatic carbocycles. The van der Waals surface area contributed by atoms with Crippen LogP contribution in [-0.2, 0) is 6.42 Å². The fraction of sp³-hybridized carbons (Fsp3) is 0.385. The second-order valence-electron chi connectivity index (χ2n) is 4.85. The summed E-state index contributed by atoms with van der Waals surface area (Å²) in [5.41, 5.74) is 0.439. The monoisotopic (exact) mass is 281 g/mol. The number of halogens is 2. The Bertz CT molecular complexity index is 597. The van der Waals surface area contributed by atoms with E-state index in [2.05, 4.69) is 15.5 Å². The third kappa shape index (κ3) is 2.83. The van der Waals surface area contributed by atoms with Gasteiger partial charge in [-0.15, -0.1) is 0 Å². The maximum atomic E-state index is 13.1. The largest absolute Gasteiger partial charge is 0.392 e. The molecule has 2 atom stereocenters. The molecule has 1 aromatic heterocycles. The van der Waals surface area contributed by atoms with Gasteiger partial charge in [0.1, 0.15) is 11.6 Å². The van der Waals surface area contributed by atoms with Gasteiger partial charge >= 0.3 is 0 Å². The maximum absolute atomic E-state index is 13.1. The van der Waals surface area contributed by atoms with E-state index in [1.807, 2.05) is 0 Å². The predicted octanol–water partition coefficient (Wildman–Crippen LogP) is 1.33. The van der Waals surface area contributed by atoms with Gasteiger partial charge in [0, 0.05) is 19.0 Å². The van der Waals surface area contributed by atoms with E-state index in [-0.39, 0.29) is 12.5 Å². The highest BCUT2D eigenvalue weighted by Gasteiger charge is 2.28. The van der Waals surface area contributed by atoms with Crippen molar-refractivity contribution < 1.29 is 18.4 Å². The molecule has 0 bridgehead atoms. The van der Waals surface area contributed by atoms with Crippen molar-refractivity contribution in [3.8, 4) is 0 Å². The van der Waals surface area contributed by atoms with E-state index >= 15 is 0 Å². The summed E-state index contributed by atoms with van der Waals surface area (Å²) in [4.78, 5) is 4.19. The Labute approximate surface area is 113 Å². The number of benzene rings is 1. The summed E-state index contributed by atoms with van der Waals surface area (Å²) in [6, 6.07) is 3.11. The summed E-state index contributed by atoms with van der Waals surface area (Å²) in [5, 5.41) is 16.3. The zero-order valence-corrected chi connectivity index (χ0v) is 10.5. The van der Waals surface area contributed by atoms with Crippen molar-refractivity contribution in [2.24, 2.45) is 0 Å². The van der Waals surface area contributed by atoms with Gasteiger partial charge in [-0.2, -0.15) is 4.98 Å². The Morgan fingerprint density at radius 3 is 2.70 bits per heavy atom. The predicted molar refractivity (Wildman–Crippen MR) is 64.8 cm³/mol. The summed E-state index contributed by atoms with van der Waals surface area (Å²) in [7, 11) is 0. The van der Waals surface area contributed by atoms with Crippen LogP contribution in [0.1, 0.15) is 29.7 Å². The van der Waals surface area contributed by atoms with Crippen LogP contribution in [0.2, 0.25) is 0 Å². The number of hydrogen-bond donors (Lipinski definition) is 2. The molecule has 0 spiro atoms. The van der Waals surface area contributed by atoms with Crippen molar-refractivity contribution in [1.82, 2.24) is 15.5 Å².